The predicted octanol–water partition coefficient (Wildman–Crippen LogP) is 1.10. The topological polar surface area (TPSA) is 61.7 Å². The lowest BCUT2D eigenvalue weighted by molar-refractivity contribution is 0.0978. The smallest absolute Gasteiger partial charge is 0.119 e. The van der Waals surface area contributed by atoms with Crippen LogP contribution in [-0.2, 0) is 6.42 Å². The molecule has 2 rings (SSSR count). The number of hydrogen-bond acceptors (Lipinski definition) is 4. The molecule has 1 atom stereocenters. The summed E-state index contributed by atoms with van der Waals surface area (Å²) in [5, 5.41) is 22.2. The third kappa shape index (κ3) is 4.20. The Hall–Kier alpha value is -1.10. The minimum Gasteiger partial charge on any atom is -0.491 e. The molecule has 0 radical (unpaired) electrons. The summed E-state index contributed by atoms with van der Waals surface area (Å²) in [4.78, 5) is 0. The molecule has 0 heterocycles. The number of β-amino-alcohol motifs (C(OH)–C–C–N with tert-alkyl or cyclic N) is 1. The second-order valence-corrected chi connectivity index (χ2v) is 5.29. The van der Waals surface area contributed by atoms with E-state index in [-0.39, 0.29) is 18.8 Å². The summed E-state index contributed by atoms with van der Waals surface area (Å²) in [6.07, 6.45) is 2.38. The zero-order valence-corrected chi connectivity index (χ0v) is 11.4. The lowest BCUT2D eigenvalue weighted by atomic mass is 10.2. The van der Waals surface area contributed by atoms with Crippen molar-refractivity contribution in [3.05, 3.63) is 29.8 Å². The minimum absolute atomic E-state index is 0.136. The van der Waals surface area contributed by atoms with Gasteiger partial charge in [0.25, 0.3) is 0 Å². The van der Waals surface area contributed by atoms with Crippen LogP contribution < -0.4 is 10.1 Å². The summed E-state index contributed by atoms with van der Waals surface area (Å²) in [5.74, 6) is 0.793. The first kappa shape index (κ1) is 14.3. The SMILES string of the molecule is CCc1cccc(OCC(O)CNC2(CO)CC2)c1. The maximum Gasteiger partial charge on any atom is 0.119 e. The molecule has 1 aromatic carbocycles. The van der Waals surface area contributed by atoms with Crippen molar-refractivity contribution >= 4 is 0 Å². The molecule has 0 aromatic heterocycles. The van der Waals surface area contributed by atoms with Crippen LogP contribution in [0.2, 0.25) is 0 Å². The van der Waals surface area contributed by atoms with Gasteiger partial charge in [-0.3, -0.25) is 0 Å². The average molecular weight is 265 g/mol. The van der Waals surface area contributed by atoms with Gasteiger partial charge in [-0.05, 0) is 37.0 Å². The lowest BCUT2D eigenvalue weighted by Gasteiger charge is -2.18. The highest BCUT2D eigenvalue weighted by Crippen LogP contribution is 2.34. The van der Waals surface area contributed by atoms with E-state index in [0.717, 1.165) is 25.0 Å². The Morgan fingerprint density at radius 2 is 2.21 bits per heavy atom. The fourth-order valence-electron chi connectivity index (χ4n) is 1.98. The van der Waals surface area contributed by atoms with Gasteiger partial charge in [0.1, 0.15) is 18.5 Å². The van der Waals surface area contributed by atoms with E-state index in [9.17, 15) is 5.11 Å². The van der Waals surface area contributed by atoms with Crippen LogP contribution in [0.15, 0.2) is 24.3 Å². The molecule has 106 valence electrons. The highest BCUT2D eigenvalue weighted by Gasteiger charge is 2.41. The molecule has 1 fully saturated rings. The summed E-state index contributed by atoms with van der Waals surface area (Å²) in [7, 11) is 0. The summed E-state index contributed by atoms with van der Waals surface area (Å²) in [5.41, 5.74) is 1.09. The van der Waals surface area contributed by atoms with E-state index < -0.39 is 6.10 Å². The molecule has 0 aliphatic heterocycles. The Morgan fingerprint density at radius 3 is 2.84 bits per heavy atom. The molecule has 3 N–H and O–H groups in total. The second-order valence-electron chi connectivity index (χ2n) is 5.29. The summed E-state index contributed by atoms with van der Waals surface area (Å²) < 4.78 is 5.58. The lowest BCUT2D eigenvalue weighted by Crippen LogP contribution is -2.41. The van der Waals surface area contributed by atoms with Crippen molar-refractivity contribution in [3.8, 4) is 5.75 Å². The van der Waals surface area contributed by atoms with E-state index in [0.29, 0.717) is 6.54 Å². The van der Waals surface area contributed by atoms with Gasteiger partial charge in [0.05, 0.1) is 6.61 Å². The third-order valence-electron chi connectivity index (χ3n) is 3.62. The number of nitrogens with one attached hydrogen (secondary N) is 1. The first-order valence-electron chi connectivity index (χ1n) is 6.93. The summed E-state index contributed by atoms with van der Waals surface area (Å²) in [6, 6.07) is 7.92. The Bertz CT molecular complexity index is 404. The first-order valence-corrected chi connectivity index (χ1v) is 6.93. The fraction of sp³-hybridized carbons (Fsp3) is 0.600. The molecule has 0 bridgehead atoms. The second kappa shape index (κ2) is 6.37. The average Bonchev–Trinajstić information content (AvgIpc) is 3.24. The maximum atomic E-state index is 9.85. The number of hydrogen-bond donors (Lipinski definition) is 3. The largest absolute Gasteiger partial charge is 0.491 e. The van der Waals surface area contributed by atoms with Crippen LogP contribution in [0.5, 0.6) is 5.75 Å². The van der Waals surface area contributed by atoms with E-state index in [2.05, 4.69) is 18.3 Å². The van der Waals surface area contributed by atoms with Gasteiger partial charge < -0.3 is 20.3 Å². The molecule has 1 aliphatic rings. The molecule has 19 heavy (non-hydrogen) atoms. The summed E-state index contributed by atoms with van der Waals surface area (Å²) >= 11 is 0. The van der Waals surface area contributed by atoms with Crippen molar-refractivity contribution in [2.75, 3.05) is 19.8 Å². The van der Waals surface area contributed by atoms with Gasteiger partial charge in [-0.15, -0.1) is 0 Å². The van der Waals surface area contributed by atoms with Gasteiger partial charge in [-0.1, -0.05) is 19.1 Å². The highest BCUT2D eigenvalue weighted by atomic mass is 16.5. The number of aliphatic hydroxyl groups is 2. The van der Waals surface area contributed by atoms with E-state index in [1.54, 1.807) is 0 Å². The molecule has 1 aliphatic carbocycles. The van der Waals surface area contributed by atoms with E-state index in [1.165, 1.54) is 5.56 Å². The van der Waals surface area contributed by atoms with Crippen molar-refractivity contribution < 1.29 is 14.9 Å². The zero-order valence-electron chi connectivity index (χ0n) is 11.4. The van der Waals surface area contributed by atoms with Gasteiger partial charge in [0.15, 0.2) is 0 Å². The van der Waals surface area contributed by atoms with Crippen LogP contribution in [-0.4, -0.2) is 41.6 Å². The monoisotopic (exact) mass is 265 g/mol. The molecule has 1 saturated carbocycles. The Kier molecular flexibility index (Phi) is 4.80. The van der Waals surface area contributed by atoms with E-state index >= 15 is 0 Å². The molecule has 1 aromatic rings. The van der Waals surface area contributed by atoms with Gasteiger partial charge in [0.2, 0.25) is 0 Å². The predicted molar refractivity (Wildman–Crippen MR) is 74.4 cm³/mol. The van der Waals surface area contributed by atoms with Crippen molar-refractivity contribution in [1.29, 1.82) is 0 Å². The normalized spacial score (nSPS) is 18.1. The standard InChI is InChI=1S/C15H23NO3/c1-2-12-4-3-5-14(8-12)19-10-13(18)9-16-15(11-17)6-7-15/h3-5,8,13,16-18H,2,6-7,9-11H2,1H3. The van der Waals surface area contributed by atoms with Crippen molar-refractivity contribution in [1.82, 2.24) is 5.32 Å². The molecule has 0 amide bonds. The number of rotatable bonds is 8. The van der Waals surface area contributed by atoms with Crippen LogP contribution >= 0.6 is 0 Å². The van der Waals surface area contributed by atoms with Gasteiger partial charge >= 0.3 is 0 Å². The van der Waals surface area contributed by atoms with Crippen LogP contribution in [0.3, 0.4) is 0 Å². The quantitative estimate of drug-likeness (QED) is 0.659. The first-order chi connectivity index (χ1) is 9.17. The van der Waals surface area contributed by atoms with Crippen molar-refractivity contribution in [2.45, 2.75) is 37.8 Å². The van der Waals surface area contributed by atoms with Crippen LogP contribution in [0.25, 0.3) is 0 Å². The molecule has 4 heteroatoms. The Balaban J connectivity index is 1.72. The molecular weight excluding hydrogens is 242 g/mol. The Morgan fingerprint density at radius 1 is 1.42 bits per heavy atom. The number of ether oxygens (including phenoxy) is 1. The van der Waals surface area contributed by atoms with Crippen molar-refractivity contribution in [2.24, 2.45) is 0 Å². The molecule has 1 unspecified atom stereocenters. The van der Waals surface area contributed by atoms with E-state index in [1.807, 2.05) is 18.2 Å². The number of aryl methyl sites for hydroxylation is 1. The fourth-order valence-corrected chi connectivity index (χ4v) is 1.98. The van der Waals surface area contributed by atoms with Crippen LogP contribution in [0.1, 0.15) is 25.3 Å². The van der Waals surface area contributed by atoms with E-state index in [4.69, 9.17) is 9.84 Å². The molecule has 0 saturated heterocycles. The maximum absolute atomic E-state index is 9.85. The van der Waals surface area contributed by atoms with Gasteiger partial charge in [0, 0.05) is 12.1 Å². The zero-order chi connectivity index (χ0) is 13.7. The van der Waals surface area contributed by atoms with Crippen LogP contribution in [0.4, 0.5) is 0 Å². The van der Waals surface area contributed by atoms with Crippen molar-refractivity contribution in [3.63, 3.8) is 0 Å². The Labute approximate surface area is 114 Å². The molecular formula is C15H23NO3. The van der Waals surface area contributed by atoms with Gasteiger partial charge in [-0.25, -0.2) is 0 Å². The molecule has 0 spiro atoms. The minimum atomic E-state index is -0.561. The van der Waals surface area contributed by atoms with Gasteiger partial charge in [-0.2, -0.15) is 0 Å². The number of aliphatic hydroxyl groups excluding tert-OH is 2. The van der Waals surface area contributed by atoms with Crippen LogP contribution in [0, 0.1) is 0 Å². The summed E-state index contributed by atoms with van der Waals surface area (Å²) in [6.45, 7) is 2.96. The highest BCUT2D eigenvalue weighted by molar-refractivity contribution is 5.28. The molecule has 4 nitrogen and oxygen atoms in total. The number of benzene rings is 1. The third-order valence-corrected chi connectivity index (χ3v) is 3.62.